The Balaban J connectivity index is 1.47. The van der Waals surface area contributed by atoms with Crippen molar-refractivity contribution in [3.63, 3.8) is 0 Å². The second-order valence-corrected chi connectivity index (χ2v) is 10.9. The number of nitrogens with zero attached hydrogens (tertiary/aromatic N) is 1. The van der Waals surface area contributed by atoms with Gasteiger partial charge in [-0.1, -0.05) is 54.1 Å². The average molecular weight is 574 g/mol. The first-order valence-electron chi connectivity index (χ1n) is 12.5. The molecular formula is C30H24BrNO6. The van der Waals surface area contributed by atoms with Crippen LogP contribution in [0, 0.1) is 17.8 Å². The first-order chi connectivity index (χ1) is 18.3. The van der Waals surface area contributed by atoms with E-state index in [0.717, 1.165) is 11.1 Å². The Bertz CT molecular complexity index is 1500. The second kappa shape index (κ2) is 9.20. The first-order valence-corrected chi connectivity index (χ1v) is 13.2. The summed E-state index contributed by atoms with van der Waals surface area (Å²) < 4.78 is 5.48. The van der Waals surface area contributed by atoms with E-state index in [1.165, 1.54) is 18.1 Å². The van der Waals surface area contributed by atoms with Gasteiger partial charge in [0.15, 0.2) is 23.1 Å². The van der Waals surface area contributed by atoms with Gasteiger partial charge >= 0.3 is 0 Å². The van der Waals surface area contributed by atoms with Gasteiger partial charge in [0, 0.05) is 28.7 Å². The van der Waals surface area contributed by atoms with Gasteiger partial charge in [0.2, 0.25) is 11.8 Å². The highest BCUT2D eigenvalue weighted by Gasteiger charge is 2.56. The number of phenols is 1. The molecule has 8 heteroatoms. The Hall–Kier alpha value is -3.78. The molecule has 0 radical (unpaired) electrons. The van der Waals surface area contributed by atoms with E-state index in [0.29, 0.717) is 23.1 Å². The van der Waals surface area contributed by atoms with Gasteiger partial charge in [-0.2, -0.15) is 0 Å². The summed E-state index contributed by atoms with van der Waals surface area (Å²) >= 11 is 3.23. The number of halogens is 1. The van der Waals surface area contributed by atoms with Gasteiger partial charge in [-0.25, -0.2) is 0 Å². The predicted molar refractivity (Wildman–Crippen MR) is 141 cm³/mol. The number of aromatic hydroxyl groups is 1. The lowest BCUT2D eigenvalue weighted by atomic mass is 9.59. The topological polar surface area (TPSA) is 101 Å². The van der Waals surface area contributed by atoms with Crippen molar-refractivity contribution in [2.24, 2.45) is 17.8 Å². The van der Waals surface area contributed by atoms with Crippen molar-refractivity contribution in [3.8, 4) is 11.5 Å². The van der Waals surface area contributed by atoms with Gasteiger partial charge in [0.1, 0.15) is 0 Å². The van der Waals surface area contributed by atoms with E-state index >= 15 is 0 Å². The minimum absolute atomic E-state index is 0.121. The van der Waals surface area contributed by atoms with Gasteiger partial charge in [-0.15, -0.1) is 0 Å². The molecule has 192 valence electrons. The standard InChI is InChI=1S/C30H24BrNO6/c1-38-23-9-5-8-17(28(23)35)24-16-10-11-18-25(19(16)12-20-26(24)22(33)13-21(31)27(20)34)30(37)32(29(18)36)14-15-6-3-2-4-7-15/h2-10,13,18-19,24-25,35H,11-12,14H2,1H3. The summed E-state index contributed by atoms with van der Waals surface area (Å²) in [6.45, 7) is 0.188. The zero-order chi connectivity index (χ0) is 26.7. The Morgan fingerprint density at radius 3 is 2.50 bits per heavy atom. The molecular weight excluding hydrogens is 550 g/mol. The van der Waals surface area contributed by atoms with E-state index in [1.54, 1.807) is 18.2 Å². The molecule has 0 aromatic heterocycles. The fourth-order valence-corrected chi connectivity index (χ4v) is 6.93. The lowest BCUT2D eigenvalue weighted by molar-refractivity contribution is -0.140. The van der Waals surface area contributed by atoms with Crippen LogP contribution in [0.2, 0.25) is 0 Å². The summed E-state index contributed by atoms with van der Waals surface area (Å²) in [5, 5.41) is 11.1. The quantitative estimate of drug-likeness (QED) is 0.331. The van der Waals surface area contributed by atoms with Crippen molar-refractivity contribution >= 4 is 39.3 Å². The number of ether oxygens (including phenoxy) is 1. The summed E-state index contributed by atoms with van der Waals surface area (Å²) in [5.74, 6) is -3.37. The number of amides is 2. The van der Waals surface area contributed by atoms with E-state index < -0.39 is 23.7 Å². The predicted octanol–water partition coefficient (Wildman–Crippen LogP) is 4.36. The van der Waals surface area contributed by atoms with E-state index in [9.17, 15) is 24.3 Å². The maximum atomic E-state index is 13.8. The largest absolute Gasteiger partial charge is 0.504 e. The third-order valence-electron chi connectivity index (χ3n) is 8.17. The van der Waals surface area contributed by atoms with E-state index in [4.69, 9.17) is 4.74 Å². The molecule has 4 aliphatic rings. The molecule has 1 saturated heterocycles. The van der Waals surface area contributed by atoms with Crippen molar-refractivity contribution in [1.29, 1.82) is 0 Å². The Kier molecular flexibility index (Phi) is 5.94. The van der Waals surface area contributed by atoms with Crippen LogP contribution in [0.15, 0.2) is 81.9 Å². The smallest absolute Gasteiger partial charge is 0.234 e. The maximum Gasteiger partial charge on any atom is 0.234 e. The number of methoxy groups -OCH3 is 1. The number of hydrogen-bond acceptors (Lipinski definition) is 6. The molecule has 6 rings (SSSR count). The molecule has 4 atom stereocenters. The summed E-state index contributed by atoms with van der Waals surface area (Å²) in [7, 11) is 1.44. The average Bonchev–Trinajstić information content (AvgIpc) is 3.16. The number of fused-ring (bicyclic) bond motifs is 3. The lowest BCUT2D eigenvalue weighted by Crippen LogP contribution is -2.39. The van der Waals surface area contributed by atoms with Crippen LogP contribution >= 0.6 is 15.9 Å². The van der Waals surface area contributed by atoms with Gasteiger partial charge in [-0.3, -0.25) is 24.1 Å². The van der Waals surface area contributed by atoms with Crippen molar-refractivity contribution in [2.45, 2.75) is 25.3 Å². The molecule has 2 aromatic carbocycles. The van der Waals surface area contributed by atoms with Crippen LogP contribution in [0.3, 0.4) is 0 Å². The highest BCUT2D eigenvalue weighted by atomic mass is 79.9. The molecule has 1 heterocycles. The lowest BCUT2D eigenvalue weighted by Gasteiger charge is -2.42. The first kappa shape index (κ1) is 24.6. The molecule has 2 amide bonds. The molecule has 7 nitrogen and oxygen atoms in total. The third kappa shape index (κ3) is 3.61. The summed E-state index contributed by atoms with van der Waals surface area (Å²) in [6, 6.07) is 14.4. The number of para-hydroxylation sites is 1. The van der Waals surface area contributed by atoms with Crippen LogP contribution in [0.5, 0.6) is 11.5 Å². The number of phenolic OH excluding ortho intramolecular Hbond substituents is 1. The van der Waals surface area contributed by atoms with Gasteiger partial charge in [0.25, 0.3) is 0 Å². The molecule has 2 aromatic rings. The van der Waals surface area contributed by atoms with Gasteiger partial charge in [0.05, 0.1) is 30.0 Å². The van der Waals surface area contributed by atoms with Crippen molar-refractivity contribution in [3.05, 3.63) is 93.0 Å². The van der Waals surface area contributed by atoms with Crippen molar-refractivity contribution in [1.82, 2.24) is 4.90 Å². The number of carbonyl (C=O) groups is 4. The zero-order valence-electron chi connectivity index (χ0n) is 20.5. The fraction of sp³-hybridized carbons (Fsp3) is 0.267. The number of benzene rings is 2. The number of carbonyl (C=O) groups excluding carboxylic acids is 4. The van der Waals surface area contributed by atoms with Crippen LogP contribution in [-0.2, 0) is 25.7 Å². The van der Waals surface area contributed by atoms with Crippen LogP contribution in [0.25, 0.3) is 0 Å². The molecule has 1 fully saturated rings. The van der Waals surface area contributed by atoms with Gasteiger partial charge < -0.3 is 9.84 Å². The monoisotopic (exact) mass is 573 g/mol. The summed E-state index contributed by atoms with van der Waals surface area (Å²) in [4.78, 5) is 55.2. The molecule has 4 unspecified atom stereocenters. The summed E-state index contributed by atoms with van der Waals surface area (Å²) in [6.07, 6.45) is 3.72. The Morgan fingerprint density at radius 1 is 1.00 bits per heavy atom. The maximum absolute atomic E-state index is 13.8. The van der Waals surface area contributed by atoms with Gasteiger partial charge in [-0.05, 0) is 46.3 Å². The third-order valence-corrected chi connectivity index (χ3v) is 8.76. The number of imide groups is 1. The van der Waals surface area contributed by atoms with E-state index in [1.807, 2.05) is 36.4 Å². The SMILES string of the molecule is COc1cccc(C2C3=CCC4C(=O)N(Cc5ccccc5)C(=O)C4C3CC3=C2C(=O)C=C(Br)C3=O)c1O. The number of ketones is 2. The zero-order valence-corrected chi connectivity index (χ0v) is 22.1. The van der Waals surface area contributed by atoms with Crippen LogP contribution in [-0.4, -0.2) is 40.5 Å². The Morgan fingerprint density at radius 2 is 1.76 bits per heavy atom. The van der Waals surface area contributed by atoms with E-state index in [-0.39, 0.29) is 52.3 Å². The summed E-state index contributed by atoms with van der Waals surface area (Å²) in [5.41, 5.74) is 2.69. The molecule has 3 aliphatic carbocycles. The van der Waals surface area contributed by atoms with Crippen LogP contribution in [0.4, 0.5) is 0 Å². The van der Waals surface area contributed by atoms with Crippen molar-refractivity contribution < 1.29 is 29.0 Å². The highest BCUT2D eigenvalue weighted by Crippen LogP contribution is 2.56. The highest BCUT2D eigenvalue weighted by molar-refractivity contribution is 9.12. The molecule has 0 saturated carbocycles. The molecule has 1 N–H and O–H groups in total. The molecule has 38 heavy (non-hydrogen) atoms. The molecule has 1 aliphatic heterocycles. The second-order valence-electron chi connectivity index (χ2n) is 10.0. The number of allylic oxidation sites excluding steroid dienone is 6. The normalized spacial score (nSPS) is 26.5. The van der Waals surface area contributed by atoms with Crippen LogP contribution < -0.4 is 4.74 Å². The van der Waals surface area contributed by atoms with Crippen LogP contribution in [0.1, 0.15) is 29.9 Å². The minimum Gasteiger partial charge on any atom is -0.504 e. The Labute approximate surface area is 227 Å². The van der Waals surface area contributed by atoms with Crippen molar-refractivity contribution in [2.75, 3.05) is 7.11 Å². The number of hydrogen-bond donors (Lipinski definition) is 1. The number of Topliss-reactive ketones (excluding diaryl/α,β-unsaturated/α-hetero) is 1. The number of rotatable bonds is 4. The molecule has 0 bridgehead atoms. The minimum atomic E-state index is -0.737. The van der Waals surface area contributed by atoms with E-state index in [2.05, 4.69) is 15.9 Å². The number of likely N-dealkylation sites (tertiary alicyclic amines) is 1. The molecule has 0 spiro atoms. The fourth-order valence-electron chi connectivity index (χ4n) is 6.49.